The van der Waals surface area contributed by atoms with Crippen LogP contribution in [0.3, 0.4) is 0 Å². The first-order valence-electron chi connectivity index (χ1n) is 18.2. The van der Waals surface area contributed by atoms with Crippen molar-refractivity contribution in [2.75, 3.05) is 0 Å². The van der Waals surface area contributed by atoms with Gasteiger partial charge in [0, 0.05) is 48.3 Å². The molecule has 0 aliphatic rings. The van der Waals surface area contributed by atoms with Crippen LogP contribution in [0.2, 0.25) is 0 Å². The first-order valence-corrected chi connectivity index (χ1v) is 18.2. The summed E-state index contributed by atoms with van der Waals surface area (Å²) in [5.41, 5.74) is 6.94. The number of carbonyl (C=O) groups is 1. The molecular formula is C44H56IrN3O3-. The Morgan fingerprint density at radius 2 is 1.49 bits per heavy atom. The first-order chi connectivity index (χ1) is 23.6. The Labute approximate surface area is 319 Å². The van der Waals surface area contributed by atoms with Gasteiger partial charge in [-0.2, -0.15) is 0 Å². The zero-order valence-corrected chi connectivity index (χ0v) is 34.8. The summed E-state index contributed by atoms with van der Waals surface area (Å²) in [6.07, 6.45) is 9.12. The van der Waals surface area contributed by atoms with E-state index >= 15 is 0 Å². The van der Waals surface area contributed by atoms with E-state index in [1.54, 1.807) is 6.33 Å². The van der Waals surface area contributed by atoms with Crippen LogP contribution in [-0.2, 0) is 36.7 Å². The predicted octanol–water partition coefficient (Wildman–Crippen LogP) is 12.0. The van der Waals surface area contributed by atoms with Gasteiger partial charge in [-0.1, -0.05) is 105 Å². The molecule has 1 radical (unpaired) electrons. The van der Waals surface area contributed by atoms with Gasteiger partial charge in [0.2, 0.25) is 0 Å². The number of hydrogen-bond donors (Lipinski definition) is 1. The average Bonchev–Trinajstić information content (AvgIpc) is 3.51. The molecule has 0 bridgehead atoms. The SMILES string of the molecule is CC(C)Cc1coc2ccc(-c3cc(-c4[c-]c5ccccc5c(C(C)(C)C)c4)ncn3)nc12.CCC(C)(CC)C(=O)/C=C(\O)C(C)(CC)CC.[Ir]. The zero-order chi connectivity index (χ0) is 36.9. The Kier molecular flexibility index (Phi) is 14.1. The van der Waals surface area contributed by atoms with Crippen molar-refractivity contribution in [3.63, 3.8) is 0 Å². The zero-order valence-electron chi connectivity index (χ0n) is 32.4. The molecule has 0 atom stereocenters. The molecule has 0 unspecified atom stereocenters. The van der Waals surface area contributed by atoms with Gasteiger partial charge in [0.25, 0.3) is 0 Å². The second-order valence-electron chi connectivity index (χ2n) is 15.5. The number of aromatic nitrogens is 3. The monoisotopic (exact) mass is 867 g/mol. The van der Waals surface area contributed by atoms with Crippen LogP contribution in [0.15, 0.2) is 77.4 Å². The van der Waals surface area contributed by atoms with E-state index in [0.29, 0.717) is 5.92 Å². The molecule has 3 heterocycles. The van der Waals surface area contributed by atoms with Gasteiger partial charge in [-0.05, 0) is 61.6 Å². The van der Waals surface area contributed by atoms with Gasteiger partial charge < -0.3 is 9.52 Å². The fraction of sp³-hybridized carbons (Fsp3) is 0.455. The van der Waals surface area contributed by atoms with Crippen molar-refractivity contribution in [2.45, 2.75) is 114 Å². The third-order valence-corrected chi connectivity index (χ3v) is 10.5. The number of pyridine rings is 1. The first kappa shape index (κ1) is 41.7. The van der Waals surface area contributed by atoms with Crippen molar-refractivity contribution < 1.29 is 34.4 Å². The van der Waals surface area contributed by atoms with Gasteiger partial charge >= 0.3 is 0 Å². The van der Waals surface area contributed by atoms with Crippen molar-refractivity contribution in [1.82, 2.24) is 15.0 Å². The van der Waals surface area contributed by atoms with Crippen molar-refractivity contribution >= 4 is 27.7 Å². The minimum absolute atomic E-state index is 0. The van der Waals surface area contributed by atoms with E-state index in [4.69, 9.17) is 9.40 Å². The number of allylic oxidation sites excluding steroid dienone is 2. The largest absolute Gasteiger partial charge is 0.512 e. The Hall–Kier alpha value is -3.67. The molecule has 3 aromatic heterocycles. The van der Waals surface area contributed by atoms with Crippen molar-refractivity contribution in [3.05, 3.63) is 90.1 Å². The number of ketones is 1. The van der Waals surface area contributed by atoms with E-state index in [9.17, 15) is 9.90 Å². The Morgan fingerprint density at radius 3 is 2.10 bits per heavy atom. The van der Waals surface area contributed by atoms with Gasteiger partial charge in [-0.3, -0.25) is 9.78 Å². The predicted molar refractivity (Wildman–Crippen MR) is 207 cm³/mol. The molecular weight excluding hydrogens is 811 g/mol. The van der Waals surface area contributed by atoms with Crippen LogP contribution < -0.4 is 0 Å². The number of benzene rings is 2. The molecule has 0 aliphatic carbocycles. The summed E-state index contributed by atoms with van der Waals surface area (Å²) in [5, 5.41) is 12.5. The minimum Gasteiger partial charge on any atom is -0.512 e. The Morgan fingerprint density at radius 1 is 0.863 bits per heavy atom. The smallest absolute Gasteiger partial charge is 0.164 e. The van der Waals surface area contributed by atoms with Crippen LogP contribution in [0.25, 0.3) is 44.5 Å². The standard InChI is InChI=1S/C29H28N3O.C15H28O2.Ir/c1-18(2)12-21-16-33-27-11-10-24(32-28(21)27)26-15-25(30-17-31-26)20-13-19-8-6-7-9-22(19)23(14-20)29(3,4)5;1-7-14(5,8-2)12(16)11-13(17)15(6,9-3)10-4;/h6-11,14-18H,12H2,1-5H3;11,16H,7-10H2,1-6H3;/q-1;;/b;12-11-;. The van der Waals surface area contributed by atoms with E-state index < -0.39 is 0 Å². The third kappa shape index (κ3) is 9.61. The summed E-state index contributed by atoms with van der Waals surface area (Å²) in [4.78, 5) is 26.2. The van der Waals surface area contributed by atoms with Crippen LogP contribution in [-0.4, -0.2) is 25.8 Å². The van der Waals surface area contributed by atoms with Gasteiger partial charge in [0.15, 0.2) is 11.4 Å². The number of aliphatic hydroxyl groups is 1. The molecule has 0 saturated carbocycles. The maximum Gasteiger partial charge on any atom is 0.164 e. The summed E-state index contributed by atoms with van der Waals surface area (Å²) in [5.74, 6) is 0.816. The molecule has 5 aromatic rings. The quantitative estimate of drug-likeness (QED) is 0.0808. The molecule has 0 saturated heterocycles. The summed E-state index contributed by atoms with van der Waals surface area (Å²) in [6, 6.07) is 20.1. The van der Waals surface area contributed by atoms with Crippen LogP contribution in [0, 0.1) is 22.8 Å². The minimum atomic E-state index is -0.337. The molecule has 1 N–H and O–H groups in total. The molecule has 0 spiro atoms. The molecule has 2 aromatic carbocycles. The maximum atomic E-state index is 12.2. The number of rotatable bonds is 11. The molecule has 7 heteroatoms. The molecule has 6 nitrogen and oxygen atoms in total. The average molecular weight is 867 g/mol. The van der Waals surface area contributed by atoms with Gasteiger partial charge in [0.1, 0.15) is 17.6 Å². The number of carbonyl (C=O) groups excluding carboxylic acids is 1. The molecule has 51 heavy (non-hydrogen) atoms. The van der Waals surface area contributed by atoms with E-state index in [2.05, 4.69) is 81.0 Å². The van der Waals surface area contributed by atoms with Crippen LogP contribution >= 0.6 is 0 Å². The van der Waals surface area contributed by atoms with Gasteiger partial charge in [0.05, 0.1) is 17.7 Å². The summed E-state index contributed by atoms with van der Waals surface area (Å²) in [6.45, 7) is 23.2. The van der Waals surface area contributed by atoms with Gasteiger partial charge in [-0.25, -0.2) is 9.97 Å². The molecule has 5 rings (SSSR count). The summed E-state index contributed by atoms with van der Waals surface area (Å²) < 4.78 is 5.72. The molecule has 275 valence electrons. The van der Waals surface area contributed by atoms with Crippen LogP contribution in [0.4, 0.5) is 0 Å². The maximum absolute atomic E-state index is 12.2. The van der Waals surface area contributed by atoms with E-state index in [1.807, 2.05) is 66.0 Å². The van der Waals surface area contributed by atoms with E-state index in [-0.39, 0.29) is 47.9 Å². The van der Waals surface area contributed by atoms with Crippen LogP contribution in [0.5, 0.6) is 0 Å². The topological polar surface area (TPSA) is 89.1 Å². The van der Waals surface area contributed by atoms with Gasteiger partial charge in [-0.15, -0.1) is 29.1 Å². The number of nitrogens with zero attached hydrogens (tertiary/aromatic N) is 3. The second-order valence-corrected chi connectivity index (χ2v) is 15.5. The Bertz CT molecular complexity index is 1960. The van der Waals surface area contributed by atoms with Crippen molar-refractivity contribution in [3.8, 4) is 22.6 Å². The number of aliphatic hydroxyl groups excluding tert-OH is 1. The molecule has 0 fully saturated rings. The fourth-order valence-electron chi connectivity index (χ4n) is 6.01. The number of fused-ring (bicyclic) bond motifs is 2. The van der Waals surface area contributed by atoms with Crippen molar-refractivity contribution in [2.24, 2.45) is 16.7 Å². The van der Waals surface area contributed by atoms with Crippen molar-refractivity contribution in [1.29, 1.82) is 0 Å². The fourth-order valence-corrected chi connectivity index (χ4v) is 6.01. The van der Waals surface area contributed by atoms with Crippen LogP contribution in [0.1, 0.15) is 113 Å². The molecule has 0 aliphatic heterocycles. The van der Waals surface area contributed by atoms with E-state index in [1.165, 1.54) is 17.0 Å². The number of hydrogen-bond acceptors (Lipinski definition) is 6. The van der Waals surface area contributed by atoms with E-state index in [0.717, 1.165) is 76.8 Å². The summed E-state index contributed by atoms with van der Waals surface area (Å²) >= 11 is 0. The molecule has 0 amide bonds. The third-order valence-electron chi connectivity index (χ3n) is 10.5. The Balaban J connectivity index is 0.000000335. The summed E-state index contributed by atoms with van der Waals surface area (Å²) in [7, 11) is 0. The normalized spacial score (nSPS) is 12.5. The second kappa shape index (κ2) is 17.2. The number of furan rings is 1.